The second-order valence-electron chi connectivity index (χ2n) is 3.04. The van der Waals surface area contributed by atoms with Crippen molar-refractivity contribution in [3.8, 4) is 16.3 Å². The Labute approximate surface area is 92.5 Å². The van der Waals surface area contributed by atoms with Crippen LogP contribution in [0.15, 0.2) is 29.6 Å². The average Bonchev–Trinajstić information content (AvgIpc) is 2.66. The fraction of sp³-hybridized carbons (Fsp3) is 0.182. The van der Waals surface area contributed by atoms with Crippen LogP contribution in [0.3, 0.4) is 0 Å². The summed E-state index contributed by atoms with van der Waals surface area (Å²) in [4.78, 5) is 4.22. The molecule has 1 aromatic carbocycles. The van der Waals surface area contributed by atoms with Crippen LogP contribution in [0, 0.1) is 0 Å². The van der Waals surface area contributed by atoms with E-state index in [-0.39, 0.29) is 0 Å². The van der Waals surface area contributed by atoms with Crippen LogP contribution in [0.4, 0.5) is 5.82 Å². The Morgan fingerprint density at radius 2 is 2.33 bits per heavy atom. The third kappa shape index (κ3) is 2.27. The summed E-state index contributed by atoms with van der Waals surface area (Å²) in [6, 6.07) is 7.87. The molecule has 0 atom stereocenters. The maximum Gasteiger partial charge on any atom is 0.135 e. The van der Waals surface area contributed by atoms with E-state index in [1.807, 2.05) is 36.6 Å². The van der Waals surface area contributed by atoms with Gasteiger partial charge in [0.2, 0.25) is 0 Å². The molecule has 1 aromatic heterocycles. The fourth-order valence-electron chi connectivity index (χ4n) is 1.30. The van der Waals surface area contributed by atoms with Crippen molar-refractivity contribution >= 4 is 17.2 Å². The summed E-state index contributed by atoms with van der Waals surface area (Å²) in [6.45, 7) is 2.64. The minimum Gasteiger partial charge on any atom is -0.494 e. The van der Waals surface area contributed by atoms with Crippen molar-refractivity contribution in [1.82, 2.24) is 4.98 Å². The molecule has 15 heavy (non-hydrogen) atoms. The Bertz CT molecular complexity index is 453. The molecule has 0 radical (unpaired) electrons. The van der Waals surface area contributed by atoms with Crippen molar-refractivity contribution in [2.24, 2.45) is 0 Å². The van der Waals surface area contributed by atoms with E-state index in [1.54, 1.807) is 0 Å². The smallest absolute Gasteiger partial charge is 0.135 e. The number of benzene rings is 1. The summed E-state index contributed by atoms with van der Waals surface area (Å²) in [6.07, 6.45) is 0. The minimum atomic E-state index is 0.566. The quantitative estimate of drug-likeness (QED) is 0.865. The van der Waals surface area contributed by atoms with Crippen LogP contribution >= 0.6 is 11.3 Å². The molecule has 0 spiro atoms. The second-order valence-corrected chi connectivity index (χ2v) is 3.90. The highest BCUT2D eigenvalue weighted by Crippen LogP contribution is 2.27. The second kappa shape index (κ2) is 4.31. The third-order valence-corrected chi connectivity index (χ3v) is 2.82. The van der Waals surface area contributed by atoms with Gasteiger partial charge < -0.3 is 10.5 Å². The van der Waals surface area contributed by atoms with Gasteiger partial charge in [0.15, 0.2) is 0 Å². The lowest BCUT2D eigenvalue weighted by molar-refractivity contribution is 0.340. The highest BCUT2D eigenvalue weighted by Gasteiger charge is 2.03. The predicted octanol–water partition coefficient (Wildman–Crippen LogP) is 2.79. The lowest BCUT2D eigenvalue weighted by Crippen LogP contribution is -1.91. The summed E-state index contributed by atoms with van der Waals surface area (Å²) in [5.74, 6) is 1.43. The summed E-state index contributed by atoms with van der Waals surface area (Å²) in [7, 11) is 0. The minimum absolute atomic E-state index is 0.566. The van der Waals surface area contributed by atoms with Gasteiger partial charge in [0.05, 0.1) is 6.61 Å². The largest absolute Gasteiger partial charge is 0.494 e. The number of rotatable bonds is 3. The number of aromatic nitrogens is 1. The lowest BCUT2D eigenvalue weighted by Gasteiger charge is -2.03. The molecule has 0 bridgehead atoms. The third-order valence-electron chi connectivity index (χ3n) is 1.91. The van der Waals surface area contributed by atoms with Crippen LogP contribution in [0.25, 0.3) is 10.6 Å². The molecule has 0 aliphatic heterocycles. The summed E-state index contributed by atoms with van der Waals surface area (Å²) in [5.41, 5.74) is 6.62. The maximum absolute atomic E-state index is 5.58. The highest BCUT2D eigenvalue weighted by molar-refractivity contribution is 7.13. The molecule has 2 N–H and O–H groups in total. The number of nitrogens with two attached hydrogens (primary N) is 1. The normalized spacial score (nSPS) is 10.2. The number of ether oxygens (including phenoxy) is 1. The van der Waals surface area contributed by atoms with E-state index >= 15 is 0 Å². The van der Waals surface area contributed by atoms with Gasteiger partial charge in [0, 0.05) is 10.9 Å². The molecule has 78 valence electrons. The monoisotopic (exact) mass is 220 g/mol. The Morgan fingerprint density at radius 3 is 3.00 bits per heavy atom. The van der Waals surface area contributed by atoms with Gasteiger partial charge in [-0.2, -0.15) is 0 Å². The summed E-state index contributed by atoms with van der Waals surface area (Å²) >= 11 is 1.54. The van der Waals surface area contributed by atoms with Crippen molar-refractivity contribution in [2.45, 2.75) is 6.92 Å². The Balaban J connectivity index is 2.32. The molecular formula is C11H12N2OS. The molecule has 0 saturated carbocycles. The number of nitrogen functional groups attached to an aromatic ring is 1. The van der Waals surface area contributed by atoms with Crippen LogP contribution < -0.4 is 10.5 Å². The van der Waals surface area contributed by atoms with Crippen molar-refractivity contribution in [3.05, 3.63) is 29.6 Å². The van der Waals surface area contributed by atoms with Crippen molar-refractivity contribution in [1.29, 1.82) is 0 Å². The molecular weight excluding hydrogens is 208 g/mol. The number of anilines is 1. The molecule has 0 saturated heterocycles. The first-order valence-electron chi connectivity index (χ1n) is 4.74. The maximum atomic E-state index is 5.58. The van der Waals surface area contributed by atoms with Crippen LogP contribution in [-0.4, -0.2) is 11.6 Å². The molecule has 4 heteroatoms. The fourth-order valence-corrected chi connectivity index (χ4v) is 2.01. The number of thiazole rings is 1. The topological polar surface area (TPSA) is 48.1 Å². The van der Waals surface area contributed by atoms with E-state index in [0.29, 0.717) is 12.4 Å². The zero-order chi connectivity index (χ0) is 10.7. The molecule has 3 nitrogen and oxygen atoms in total. The molecule has 2 rings (SSSR count). The van der Waals surface area contributed by atoms with Crippen LogP contribution in [0.1, 0.15) is 6.92 Å². The van der Waals surface area contributed by atoms with Crippen molar-refractivity contribution < 1.29 is 4.74 Å². The first-order valence-corrected chi connectivity index (χ1v) is 5.62. The van der Waals surface area contributed by atoms with Crippen molar-refractivity contribution in [2.75, 3.05) is 12.3 Å². The van der Waals surface area contributed by atoms with Gasteiger partial charge >= 0.3 is 0 Å². The number of nitrogens with zero attached hydrogens (tertiary/aromatic N) is 1. The van der Waals surface area contributed by atoms with Gasteiger partial charge in [-0.15, -0.1) is 11.3 Å². The van der Waals surface area contributed by atoms with Gasteiger partial charge in [-0.25, -0.2) is 4.98 Å². The van der Waals surface area contributed by atoms with Gasteiger partial charge in [0.25, 0.3) is 0 Å². The molecule has 2 aromatic rings. The van der Waals surface area contributed by atoms with E-state index in [0.717, 1.165) is 16.3 Å². The van der Waals surface area contributed by atoms with E-state index < -0.39 is 0 Å². The molecule has 0 unspecified atom stereocenters. The van der Waals surface area contributed by atoms with Gasteiger partial charge in [0.1, 0.15) is 16.6 Å². The van der Waals surface area contributed by atoms with E-state index in [2.05, 4.69) is 4.98 Å². The predicted molar refractivity (Wildman–Crippen MR) is 63.1 cm³/mol. The molecule has 0 amide bonds. The zero-order valence-corrected chi connectivity index (χ0v) is 9.25. The van der Waals surface area contributed by atoms with Gasteiger partial charge in [-0.1, -0.05) is 12.1 Å². The Hall–Kier alpha value is -1.55. The first-order chi connectivity index (χ1) is 7.29. The van der Waals surface area contributed by atoms with Gasteiger partial charge in [-0.3, -0.25) is 0 Å². The Morgan fingerprint density at radius 1 is 1.47 bits per heavy atom. The van der Waals surface area contributed by atoms with Crippen molar-refractivity contribution in [3.63, 3.8) is 0 Å². The van der Waals surface area contributed by atoms with Crippen LogP contribution in [0.5, 0.6) is 5.75 Å². The molecule has 0 fully saturated rings. The highest BCUT2D eigenvalue weighted by atomic mass is 32.1. The number of hydrogen-bond donors (Lipinski definition) is 1. The molecule has 1 heterocycles. The molecule has 0 aliphatic carbocycles. The zero-order valence-electron chi connectivity index (χ0n) is 8.43. The standard InChI is InChI=1S/C11H12N2OS/c1-2-14-9-5-3-4-8(6-9)11-13-10(12)7-15-11/h3-7H,2,12H2,1H3. The van der Waals surface area contributed by atoms with E-state index in [1.165, 1.54) is 11.3 Å². The molecule has 0 aliphatic rings. The lowest BCUT2D eigenvalue weighted by atomic mass is 10.2. The summed E-state index contributed by atoms with van der Waals surface area (Å²) in [5, 5.41) is 2.76. The van der Waals surface area contributed by atoms with Gasteiger partial charge in [-0.05, 0) is 19.1 Å². The summed E-state index contributed by atoms with van der Waals surface area (Å²) < 4.78 is 5.42. The van der Waals surface area contributed by atoms with Crippen LogP contribution in [-0.2, 0) is 0 Å². The SMILES string of the molecule is CCOc1cccc(-c2nc(N)cs2)c1. The van der Waals surface area contributed by atoms with E-state index in [4.69, 9.17) is 10.5 Å². The average molecular weight is 220 g/mol. The van der Waals surface area contributed by atoms with E-state index in [9.17, 15) is 0 Å². The van der Waals surface area contributed by atoms with Crippen LogP contribution in [0.2, 0.25) is 0 Å². The Kier molecular flexibility index (Phi) is 2.87. The first kappa shape index (κ1) is 9.98. The number of hydrogen-bond acceptors (Lipinski definition) is 4.